The predicted octanol–water partition coefficient (Wildman–Crippen LogP) is 7.79. The molecule has 0 aliphatic heterocycles. The topological polar surface area (TPSA) is 9.23 Å². The Balaban J connectivity index is 0.00000243. The highest BCUT2D eigenvalue weighted by Gasteiger charge is 2.31. The highest BCUT2D eigenvalue weighted by atomic mass is 19.3. The lowest BCUT2D eigenvalue weighted by Gasteiger charge is -2.37. The molecule has 0 bridgehead atoms. The molecule has 0 radical (unpaired) electrons. The fraction of sp³-hybridized carbons (Fsp3) is 0.714. The van der Waals surface area contributed by atoms with Crippen molar-refractivity contribution in [2.45, 2.75) is 78.2 Å². The zero-order chi connectivity index (χ0) is 18.0. The van der Waals surface area contributed by atoms with Crippen LogP contribution in [0.3, 0.4) is 0 Å². The Kier molecular flexibility index (Phi) is 7.36. The van der Waals surface area contributed by atoms with Crippen LogP contribution in [0.25, 0.3) is 0 Å². The minimum atomic E-state index is -3.23. The maximum absolute atomic E-state index is 13.9. The molecule has 0 N–H and O–H groups in total. The van der Waals surface area contributed by atoms with Crippen molar-refractivity contribution in [1.29, 1.82) is 0 Å². The molecule has 5 heteroatoms. The Morgan fingerprint density at radius 2 is 1.35 bits per heavy atom. The molecule has 1 nitrogen and oxygen atoms in total. The fourth-order valence-electron chi connectivity index (χ4n) is 4.70. The maximum Gasteiger partial charge on any atom is 0.387 e. The number of rotatable bonds is 4. The summed E-state index contributed by atoms with van der Waals surface area (Å²) in [7, 11) is 0. The molecule has 0 unspecified atom stereocenters. The number of hydrogen-bond donors (Lipinski definition) is 0. The van der Waals surface area contributed by atoms with Crippen molar-refractivity contribution in [2.24, 2.45) is 17.8 Å². The molecule has 0 aromatic heterocycles. The summed E-state index contributed by atoms with van der Waals surface area (Å²) in [4.78, 5) is 0. The summed E-state index contributed by atoms with van der Waals surface area (Å²) in [5.74, 6) is -0.607. The van der Waals surface area contributed by atoms with Crippen LogP contribution in [0.5, 0.6) is 5.75 Å². The van der Waals surface area contributed by atoms with Crippen LogP contribution in [0.4, 0.5) is 17.6 Å². The number of halogens is 4. The molecular formula is C21H34F4O. The average molecular weight is 378 g/mol. The van der Waals surface area contributed by atoms with Crippen molar-refractivity contribution < 1.29 is 25.2 Å². The molecule has 0 heterocycles. The smallest absolute Gasteiger partial charge is 0.387 e. The van der Waals surface area contributed by atoms with Gasteiger partial charge >= 0.3 is 6.61 Å². The van der Waals surface area contributed by atoms with E-state index in [1.54, 1.807) is 0 Å². The van der Waals surface area contributed by atoms with Crippen molar-refractivity contribution in [1.82, 2.24) is 0 Å². The van der Waals surface area contributed by atoms with E-state index in [0.29, 0.717) is 5.56 Å². The summed E-state index contributed by atoms with van der Waals surface area (Å²) in [5, 5.41) is 0. The van der Waals surface area contributed by atoms with E-state index in [2.05, 4.69) is 11.7 Å². The van der Waals surface area contributed by atoms with Crippen LogP contribution < -0.4 is 4.74 Å². The van der Waals surface area contributed by atoms with Gasteiger partial charge in [0.15, 0.2) is 17.4 Å². The van der Waals surface area contributed by atoms with E-state index >= 15 is 0 Å². The third kappa shape index (κ3) is 4.92. The van der Waals surface area contributed by atoms with Crippen molar-refractivity contribution in [3.8, 4) is 5.75 Å². The van der Waals surface area contributed by atoms with Crippen LogP contribution in [-0.2, 0) is 0 Å². The molecule has 1 aromatic carbocycles. The molecule has 3 rings (SSSR count). The van der Waals surface area contributed by atoms with Crippen LogP contribution in [0.2, 0.25) is 0 Å². The highest BCUT2D eigenvalue weighted by Crippen LogP contribution is 2.44. The Morgan fingerprint density at radius 1 is 0.885 bits per heavy atom. The predicted molar refractivity (Wildman–Crippen MR) is 99.8 cm³/mol. The molecule has 0 amide bonds. The highest BCUT2D eigenvalue weighted by molar-refractivity contribution is 5.33. The summed E-state index contributed by atoms with van der Waals surface area (Å²) >= 11 is 0. The molecule has 0 saturated heterocycles. The Labute approximate surface area is 157 Å². The SMILES string of the molecule is C.CC1CCC(C2CCC(c3cc(F)c(OC(F)F)c(F)c3)CC2)CC1.[HH].[HH]. The van der Waals surface area contributed by atoms with Crippen LogP contribution in [-0.4, -0.2) is 6.61 Å². The van der Waals surface area contributed by atoms with Gasteiger partial charge in [0.2, 0.25) is 0 Å². The minimum absolute atomic E-state index is 0. The fourth-order valence-corrected chi connectivity index (χ4v) is 4.70. The quantitative estimate of drug-likeness (QED) is 0.486. The molecule has 0 atom stereocenters. The number of benzene rings is 1. The number of ether oxygens (including phenoxy) is 1. The molecule has 2 aliphatic carbocycles. The lowest BCUT2D eigenvalue weighted by molar-refractivity contribution is -0.0546. The monoisotopic (exact) mass is 378 g/mol. The van der Waals surface area contributed by atoms with E-state index in [1.165, 1.54) is 25.7 Å². The van der Waals surface area contributed by atoms with Gasteiger partial charge < -0.3 is 4.74 Å². The molecule has 2 fully saturated rings. The van der Waals surface area contributed by atoms with Crippen molar-refractivity contribution in [3.05, 3.63) is 29.3 Å². The van der Waals surface area contributed by atoms with Gasteiger partial charge in [-0.3, -0.25) is 0 Å². The van der Waals surface area contributed by atoms with E-state index in [-0.39, 0.29) is 16.2 Å². The van der Waals surface area contributed by atoms with Gasteiger partial charge in [-0.25, -0.2) is 8.78 Å². The van der Waals surface area contributed by atoms with Crippen LogP contribution >= 0.6 is 0 Å². The van der Waals surface area contributed by atoms with Gasteiger partial charge in [0.25, 0.3) is 0 Å². The summed E-state index contributed by atoms with van der Waals surface area (Å²) < 4.78 is 56.3. The summed E-state index contributed by atoms with van der Waals surface area (Å²) in [6.45, 7) is -0.916. The van der Waals surface area contributed by atoms with Gasteiger partial charge in [-0.2, -0.15) is 8.78 Å². The van der Waals surface area contributed by atoms with Gasteiger partial charge in [0.1, 0.15) is 0 Å². The van der Waals surface area contributed by atoms with Crippen molar-refractivity contribution in [2.75, 3.05) is 0 Å². The molecular weight excluding hydrogens is 344 g/mol. The zero-order valence-electron chi connectivity index (χ0n) is 14.6. The molecule has 2 aliphatic rings. The van der Waals surface area contributed by atoms with E-state index in [4.69, 9.17) is 0 Å². The molecule has 1 aromatic rings. The minimum Gasteiger partial charge on any atom is -0.429 e. The van der Waals surface area contributed by atoms with E-state index in [1.807, 2.05) is 0 Å². The number of hydrogen-bond acceptors (Lipinski definition) is 1. The summed E-state index contributed by atoms with van der Waals surface area (Å²) in [5.41, 5.74) is 0.562. The first-order valence-electron chi connectivity index (χ1n) is 9.37. The third-order valence-corrected chi connectivity index (χ3v) is 6.20. The average Bonchev–Trinajstić information content (AvgIpc) is 2.59. The molecule has 152 valence electrons. The lowest BCUT2D eigenvalue weighted by atomic mass is 9.68. The largest absolute Gasteiger partial charge is 0.429 e. The first-order chi connectivity index (χ1) is 11.9. The van der Waals surface area contributed by atoms with Crippen LogP contribution in [0.1, 0.15) is 80.1 Å². The zero-order valence-corrected chi connectivity index (χ0v) is 14.6. The standard InChI is InChI=1S/C20H26F4O.CH4.2H2/c1-12-2-4-13(5-3-12)14-6-8-15(9-7-14)16-10-17(21)19(18(22)11-16)25-20(23)24;;;/h10-15,20H,2-9H2,1H3;1H4;2*1H. The second-order valence-electron chi connectivity index (χ2n) is 7.82. The van der Waals surface area contributed by atoms with Crippen LogP contribution in [0, 0.1) is 29.4 Å². The van der Waals surface area contributed by atoms with E-state index < -0.39 is 24.0 Å². The first-order valence-corrected chi connectivity index (χ1v) is 9.37. The van der Waals surface area contributed by atoms with E-state index in [0.717, 1.165) is 55.6 Å². The Morgan fingerprint density at radius 3 is 1.81 bits per heavy atom. The van der Waals surface area contributed by atoms with Gasteiger partial charge in [0.05, 0.1) is 0 Å². The second kappa shape index (κ2) is 9.09. The second-order valence-corrected chi connectivity index (χ2v) is 7.82. The summed E-state index contributed by atoms with van der Waals surface area (Å²) in [6, 6.07) is 2.32. The summed E-state index contributed by atoms with van der Waals surface area (Å²) in [6.07, 6.45) is 9.22. The Bertz CT molecular complexity index is 561. The Hall–Kier alpha value is -1.26. The van der Waals surface area contributed by atoms with E-state index in [9.17, 15) is 17.6 Å². The van der Waals surface area contributed by atoms with Gasteiger partial charge in [0, 0.05) is 2.85 Å². The lowest BCUT2D eigenvalue weighted by Crippen LogP contribution is -2.24. The van der Waals surface area contributed by atoms with Crippen LogP contribution in [0.15, 0.2) is 12.1 Å². The maximum atomic E-state index is 13.9. The van der Waals surface area contributed by atoms with Gasteiger partial charge in [-0.1, -0.05) is 27.2 Å². The first kappa shape index (κ1) is 21.0. The molecule has 26 heavy (non-hydrogen) atoms. The normalized spacial score (nSPS) is 29.3. The third-order valence-electron chi connectivity index (χ3n) is 6.20. The van der Waals surface area contributed by atoms with Gasteiger partial charge in [-0.05, 0) is 79.9 Å². The van der Waals surface area contributed by atoms with Crippen molar-refractivity contribution in [3.63, 3.8) is 0 Å². The van der Waals surface area contributed by atoms with Crippen molar-refractivity contribution >= 4 is 0 Å². The number of alkyl halides is 2. The van der Waals surface area contributed by atoms with Gasteiger partial charge in [-0.15, -0.1) is 0 Å². The molecule has 0 spiro atoms. The molecule has 2 saturated carbocycles.